The van der Waals surface area contributed by atoms with E-state index in [9.17, 15) is 9.59 Å². The Morgan fingerprint density at radius 1 is 0.765 bits per heavy atom. The Morgan fingerprint density at radius 2 is 1.43 bits per heavy atom. The monoisotopic (exact) mass is 729 g/mol. The topological polar surface area (TPSA) is 134 Å². The van der Waals surface area contributed by atoms with Gasteiger partial charge in [0.2, 0.25) is 5.91 Å². The Balaban J connectivity index is 1.57. The van der Waals surface area contributed by atoms with Crippen molar-refractivity contribution in [1.82, 2.24) is 19.9 Å². The first-order valence-corrected chi connectivity index (χ1v) is 17.6. The van der Waals surface area contributed by atoms with Crippen molar-refractivity contribution in [3.05, 3.63) is 94.1 Å². The first-order chi connectivity index (χ1) is 24.7. The SMILES string of the molecule is COc1ccc(-c2csc(CN(C(=O)CSc3nc(C)cc(C)n3)C(C(=O)Nc3ccc(OC)cc3OC)c3ccc(OC)c(OC)c3)n2)cc1. The molecule has 2 amide bonds. The van der Waals surface area contributed by atoms with Gasteiger partial charge in [0.25, 0.3) is 5.91 Å². The number of thiazole rings is 1. The third-order valence-electron chi connectivity index (χ3n) is 7.80. The molecule has 0 aliphatic rings. The van der Waals surface area contributed by atoms with Crippen LogP contribution in [0.2, 0.25) is 0 Å². The summed E-state index contributed by atoms with van der Waals surface area (Å²) in [6, 6.07) is 18.5. The summed E-state index contributed by atoms with van der Waals surface area (Å²) in [6.45, 7) is 3.78. The van der Waals surface area contributed by atoms with E-state index in [4.69, 9.17) is 28.7 Å². The maximum absolute atomic E-state index is 14.6. The van der Waals surface area contributed by atoms with Crippen LogP contribution in [-0.4, -0.2) is 73.0 Å². The number of methoxy groups -OCH3 is 5. The molecular weight excluding hydrogens is 691 g/mol. The van der Waals surface area contributed by atoms with Crippen LogP contribution in [-0.2, 0) is 16.1 Å². The number of benzene rings is 3. The van der Waals surface area contributed by atoms with Gasteiger partial charge in [0.15, 0.2) is 16.7 Å². The second-order valence-corrected chi connectivity index (χ2v) is 13.1. The van der Waals surface area contributed by atoms with Crippen LogP contribution in [0.3, 0.4) is 0 Å². The highest BCUT2D eigenvalue weighted by Crippen LogP contribution is 2.36. The second-order valence-electron chi connectivity index (χ2n) is 11.2. The average Bonchev–Trinajstić information content (AvgIpc) is 3.61. The molecule has 2 heterocycles. The minimum atomic E-state index is -1.14. The van der Waals surface area contributed by atoms with E-state index in [1.54, 1.807) is 50.6 Å². The minimum absolute atomic E-state index is 0.0279. The van der Waals surface area contributed by atoms with E-state index in [0.29, 0.717) is 44.4 Å². The second kappa shape index (κ2) is 17.1. The summed E-state index contributed by atoms with van der Waals surface area (Å²) >= 11 is 2.59. The normalized spacial score (nSPS) is 11.4. The molecule has 0 saturated carbocycles. The number of carbonyl (C=O) groups is 2. The van der Waals surface area contributed by atoms with Gasteiger partial charge in [-0.05, 0) is 74.0 Å². The van der Waals surface area contributed by atoms with Crippen LogP contribution in [0.4, 0.5) is 5.69 Å². The summed E-state index contributed by atoms with van der Waals surface area (Å²) in [4.78, 5) is 44.4. The van der Waals surface area contributed by atoms with E-state index < -0.39 is 11.9 Å². The quantitative estimate of drug-likeness (QED) is 0.0905. The lowest BCUT2D eigenvalue weighted by Gasteiger charge is -2.31. The lowest BCUT2D eigenvalue weighted by atomic mass is 10.0. The summed E-state index contributed by atoms with van der Waals surface area (Å²) in [5, 5.41) is 6.00. The molecule has 0 spiro atoms. The van der Waals surface area contributed by atoms with Gasteiger partial charge in [0.05, 0.1) is 59.2 Å². The van der Waals surface area contributed by atoms with Crippen LogP contribution in [0.1, 0.15) is 28.0 Å². The van der Waals surface area contributed by atoms with Gasteiger partial charge in [-0.2, -0.15) is 0 Å². The van der Waals surface area contributed by atoms with E-state index >= 15 is 0 Å². The van der Waals surface area contributed by atoms with Gasteiger partial charge in [-0.1, -0.05) is 17.8 Å². The number of ether oxygens (including phenoxy) is 5. The van der Waals surface area contributed by atoms with Crippen LogP contribution in [0.25, 0.3) is 11.3 Å². The molecule has 2 aromatic heterocycles. The lowest BCUT2D eigenvalue weighted by molar-refractivity contribution is -0.137. The molecule has 5 aromatic rings. The van der Waals surface area contributed by atoms with Crippen molar-refractivity contribution in [2.75, 3.05) is 46.6 Å². The van der Waals surface area contributed by atoms with Crippen molar-refractivity contribution in [3.8, 4) is 40.0 Å². The Hall–Kier alpha value is -5.34. The highest BCUT2D eigenvalue weighted by atomic mass is 32.2. The Kier molecular flexibility index (Phi) is 12.3. The maximum Gasteiger partial charge on any atom is 0.251 e. The lowest BCUT2D eigenvalue weighted by Crippen LogP contribution is -2.42. The van der Waals surface area contributed by atoms with Crippen LogP contribution in [0.5, 0.6) is 28.7 Å². The largest absolute Gasteiger partial charge is 0.497 e. The fourth-order valence-electron chi connectivity index (χ4n) is 5.31. The van der Waals surface area contributed by atoms with Gasteiger partial charge in [-0.25, -0.2) is 15.0 Å². The van der Waals surface area contributed by atoms with Crippen LogP contribution in [0.15, 0.2) is 77.3 Å². The van der Waals surface area contributed by atoms with Crippen molar-refractivity contribution in [2.24, 2.45) is 0 Å². The van der Waals surface area contributed by atoms with Gasteiger partial charge in [0.1, 0.15) is 28.3 Å². The number of nitrogens with zero attached hydrogens (tertiary/aromatic N) is 4. The number of rotatable bonds is 15. The van der Waals surface area contributed by atoms with Crippen molar-refractivity contribution < 1.29 is 33.3 Å². The predicted octanol–water partition coefficient (Wildman–Crippen LogP) is 6.76. The van der Waals surface area contributed by atoms with E-state index in [1.165, 1.54) is 49.3 Å². The van der Waals surface area contributed by atoms with Crippen LogP contribution in [0, 0.1) is 13.8 Å². The summed E-state index contributed by atoms with van der Waals surface area (Å²) in [5.74, 6) is 1.69. The zero-order valence-corrected chi connectivity index (χ0v) is 31.0. The molecule has 14 heteroatoms. The molecule has 0 saturated heterocycles. The highest BCUT2D eigenvalue weighted by molar-refractivity contribution is 7.99. The maximum atomic E-state index is 14.6. The number of carbonyl (C=O) groups excluding carboxylic acids is 2. The number of aryl methyl sites for hydroxylation is 2. The number of thioether (sulfide) groups is 1. The van der Waals surface area contributed by atoms with Crippen molar-refractivity contribution >= 4 is 40.6 Å². The van der Waals surface area contributed by atoms with Gasteiger partial charge < -0.3 is 33.9 Å². The Labute approximate surface area is 305 Å². The number of hydrogen-bond acceptors (Lipinski definition) is 12. The third-order valence-corrected chi connectivity index (χ3v) is 9.47. The standard InChI is InChI=1S/C37H39N5O7S2/c1-22-16-23(2)39-37(38-22)51-21-34(43)42(19-33-40-29(20-50-33)24-8-11-26(45-3)12-9-24)35(25-10-15-30(47-5)32(17-25)49-7)36(44)41-28-14-13-27(46-4)18-31(28)48-6/h8-18,20,35H,19,21H2,1-7H3,(H,41,44). The summed E-state index contributed by atoms with van der Waals surface area (Å²) in [7, 11) is 7.70. The molecule has 0 aliphatic carbocycles. The molecule has 0 fully saturated rings. The zero-order chi connectivity index (χ0) is 36.5. The molecule has 0 radical (unpaired) electrons. The smallest absolute Gasteiger partial charge is 0.251 e. The number of amides is 2. The fraction of sp³-hybridized carbons (Fsp3) is 0.270. The molecule has 1 N–H and O–H groups in total. The number of anilines is 1. The first kappa shape index (κ1) is 36.9. The van der Waals surface area contributed by atoms with Crippen molar-refractivity contribution in [1.29, 1.82) is 0 Å². The highest BCUT2D eigenvalue weighted by Gasteiger charge is 2.34. The molecule has 5 rings (SSSR count). The molecule has 51 heavy (non-hydrogen) atoms. The molecule has 12 nitrogen and oxygen atoms in total. The average molecular weight is 730 g/mol. The van der Waals surface area contributed by atoms with Gasteiger partial charge in [-0.15, -0.1) is 11.3 Å². The summed E-state index contributed by atoms with van der Waals surface area (Å²) in [6.07, 6.45) is 0. The van der Waals surface area contributed by atoms with E-state index in [-0.39, 0.29) is 18.2 Å². The van der Waals surface area contributed by atoms with E-state index in [1.807, 2.05) is 49.6 Å². The Bertz CT molecular complexity index is 1970. The van der Waals surface area contributed by atoms with Crippen LogP contribution < -0.4 is 29.0 Å². The molecule has 1 atom stereocenters. The third kappa shape index (κ3) is 9.07. The molecule has 266 valence electrons. The molecule has 0 aliphatic heterocycles. The zero-order valence-electron chi connectivity index (χ0n) is 29.4. The van der Waals surface area contributed by atoms with Crippen molar-refractivity contribution in [2.45, 2.75) is 31.6 Å². The molecular formula is C37H39N5O7S2. The van der Waals surface area contributed by atoms with Crippen molar-refractivity contribution in [3.63, 3.8) is 0 Å². The molecule has 0 bridgehead atoms. The van der Waals surface area contributed by atoms with Gasteiger partial charge >= 0.3 is 0 Å². The summed E-state index contributed by atoms with van der Waals surface area (Å²) in [5.41, 5.74) is 4.09. The fourth-order valence-corrected chi connectivity index (χ4v) is 6.95. The first-order valence-electron chi connectivity index (χ1n) is 15.7. The molecule has 1 unspecified atom stereocenters. The molecule has 3 aromatic carbocycles. The Morgan fingerprint density at radius 3 is 2.08 bits per heavy atom. The predicted molar refractivity (Wildman–Crippen MR) is 197 cm³/mol. The number of nitrogens with one attached hydrogen (secondary N) is 1. The number of aromatic nitrogens is 3. The van der Waals surface area contributed by atoms with Gasteiger partial charge in [0, 0.05) is 28.4 Å². The summed E-state index contributed by atoms with van der Waals surface area (Å²) < 4.78 is 27.3. The number of hydrogen-bond donors (Lipinski definition) is 1. The van der Waals surface area contributed by atoms with E-state index in [2.05, 4.69) is 15.3 Å². The van der Waals surface area contributed by atoms with Gasteiger partial charge in [-0.3, -0.25) is 9.59 Å². The van der Waals surface area contributed by atoms with Crippen LogP contribution >= 0.6 is 23.1 Å². The van der Waals surface area contributed by atoms with E-state index in [0.717, 1.165) is 28.4 Å². The minimum Gasteiger partial charge on any atom is -0.497 e.